The van der Waals surface area contributed by atoms with Crippen LogP contribution in [0.15, 0.2) is 22.7 Å². The van der Waals surface area contributed by atoms with Crippen molar-refractivity contribution in [1.29, 1.82) is 0 Å². The van der Waals surface area contributed by atoms with E-state index in [1.807, 2.05) is 18.2 Å². The lowest BCUT2D eigenvalue weighted by atomic mass is 10.2. The minimum atomic E-state index is -0.0226. The lowest BCUT2D eigenvalue weighted by Crippen LogP contribution is -2.35. The molecule has 68 valence electrons. The number of carbonyl (C=O) groups is 1. The molecule has 0 saturated carbocycles. The van der Waals surface area contributed by atoms with Crippen molar-refractivity contribution in [2.45, 2.75) is 0 Å². The smallest absolute Gasteiger partial charge is 0.264 e. The number of carbonyl (C=O) groups excluding carboxylic acids is 1. The van der Waals surface area contributed by atoms with E-state index in [0.29, 0.717) is 0 Å². The molecule has 1 aromatic rings. The van der Waals surface area contributed by atoms with Gasteiger partial charge in [0.15, 0.2) is 6.61 Å². The van der Waals surface area contributed by atoms with E-state index in [1.165, 1.54) is 0 Å². The normalized spacial score (nSPS) is 15.2. The molecule has 0 atom stereocenters. The van der Waals surface area contributed by atoms with Crippen LogP contribution in [0.2, 0.25) is 0 Å². The molecule has 13 heavy (non-hydrogen) atoms. The van der Waals surface area contributed by atoms with Crippen LogP contribution >= 0.6 is 15.9 Å². The molecule has 0 spiro atoms. The van der Waals surface area contributed by atoms with Gasteiger partial charge in [-0.05, 0) is 18.2 Å². The summed E-state index contributed by atoms with van der Waals surface area (Å²) in [6, 6.07) is 5.61. The van der Waals surface area contributed by atoms with Gasteiger partial charge in [0, 0.05) is 11.5 Å². The highest BCUT2D eigenvalue weighted by atomic mass is 79.9. The second kappa shape index (κ2) is 3.03. The van der Waals surface area contributed by atoms with Crippen molar-refractivity contribution < 1.29 is 9.53 Å². The minimum absolute atomic E-state index is 0.0226. The molecule has 0 unspecified atom stereocenters. The zero-order valence-corrected chi connectivity index (χ0v) is 8.67. The van der Waals surface area contributed by atoms with Gasteiger partial charge in [-0.1, -0.05) is 15.9 Å². The zero-order chi connectivity index (χ0) is 9.42. The SMILES string of the molecule is CN1C(=O)COc2ccc(Br)cc21. The lowest BCUT2D eigenvalue weighted by molar-refractivity contribution is -0.120. The molecule has 0 aromatic heterocycles. The lowest BCUT2D eigenvalue weighted by Gasteiger charge is -2.25. The Morgan fingerprint density at radius 3 is 3.08 bits per heavy atom. The second-order valence-electron chi connectivity index (χ2n) is 2.85. The number of anilines is 1. The van der Waals surface area contributed by atoms with Crippen molar-refractivity contribution in [3.8, 4) is 5.75 Å². The van der Waals surface area contributed by atoms with Crippen molar-refractivity contribution in [3.63, 3.8) is 0 Å². The summed E-state index contributed by atoms with van der Waals surface area (Å²) in [5, 5.41) is 0. The van der Waals surface area contributed by atoms with Crippen LogP contribution in [0.25, 0.3) is 0 Å². The number of nitrogens with zero attached hydrogens (tertiary/aromatic N) is 1. The van der Waals surface area contributed by atoms with Gasteiger partial charge < -0.3 is 9.64 Å². The maximum atomic E-state index is 11.3. The summed E-state index contributed by atoms with van der Waals surface area (Å²) in [6.45, 7) is 0.130. The fraction of sp³-hybridized carbons (Fsp3) is 0.222. The molecule has 1 aliphatic heterocycles. The molecular weight excluding hydrogens is 234 g/mol. The Bertz CT molecular complexity index is 365. The van der Waals surface area contributed by atoms with E-state index >= 15 is 0 Å². The highest BCUT2D eigenvalue weighted by Crippen LogP contribution is 2.33. The van der Waals surface area contributed by atoms with Crippen LogP contribution in [0.3, 0.4) is 0 Å². The summed E-state index contributed by atoms with van der Waals surface area (Å²) in [7, 11) is 1.75. The second-order valence-corrected chi connectivity index (χ2v) is 3.77. The molecular formula is C9H8BrNO2. The molecule has 2 rings (SSSR count). The number of rotatable bonds is 0. The van der Waals surface area contributed by atoms with E-state index in [4.69, 9.17) is 4.74 Å². The highest BCUT2D eigenvalue weighted by molar-refractivity contribution is 9.10. The first-order chi connectivity index (χ1) is 6.18. The van der Waals surface area contributed by atoms with Gasteiger partial charge in [0.1, 0.15) is 5.75 Å². The van der Waals surface area contributed by atoms with Crippen molar-refractivity contribution in [2.24, 2.45) is 0 Å². The van der Waals surface area contributed by atoms with Gasteiger partial charge in [0.25, 0.3) is 5.91 Å². The van der Waals surface area contributed by atoms with Gasteiger partial charge >= 0.3 is 0 Å². The van der Waals surface area contributed by atoms with Crippen LogP contribution < -0.4 is 9.64 Å². The maximum absolute atomic E-state index is 11.3. The number of halogens is 1. The molecule has 1 amide bonds. The number of amides is 1. The van der Waals surface area contributed by atoms with Crippen LogP contribution in [-0.4, -0.2) is 19.6 Å². The Hall–Kier alpha value is -1.03. The van der Waals surface area contributed by atoms with Gasteiger partial charge in [-0.2, -0.15) is 0 Å². The molecule has 0 saturated heterocycles. The van der Waals surface area contributed by atoms with E-state index in [1.54, 1.807) is 11.9 Å². The van der Waals surface area contributed by atoms with Crippen molar-refractivity contribution in [1.82, 2.24) is 0 Å². The number of fused-ring (bicyclic) bond motifs is 1. The fourth-order valence-electron chi connectivity index (χ4n) is 1.25. The Morgan fingerprint density at radius 1 is 1.54 bits per heavy atom. The quantitative estimate of drug-likeness (QED) is 0.694. The average Bonchev–Trinajstić information content (AvgIpc) is 2.12. The summed E-state index contributed by atoms with van der Waals surface area (Å²) in [5.41, 5.74) is 0.811. The Balaban J connectivity index is 2.51. The molecule has 0 N–H and O–H groups in total. The predicted octanol–water partition coefficient (Wildman–Crippen LogP) is 1.80. The molecule has 0 radical (unpaired) electrons. The number of likely N-dealkylation sites (N-methyl/N-ethyl adjacent to an activating group) is 1. The van der Waals surface area contributed by atoms with E-state index in [0.717, 1.165) is 15.9 Å². The van der Waals surface area contributed by atoms with Crippen molar-refractivity contribution in [3.05, 3.63) is 22.7 Å². The number of benzene rings is 1. The van der Waals surface area contributed by atoms with Crippen molar-refractivity contribution >= 4 is 27.5 Å². The van der Waals surface area contributed by atoms with Crippen LogP contribution in [0.4, 0.5) is 5.69 Å². The van der Waals surface area contributed by atoms with Crippen LogP contribution in [0.1, 0.15) is 0 Å². The molecule has 4 heteroatoms. The van der Waals surface area contributed by atoms with E-state index < -0.39 is 0 Å². The number of ether oxygens (including phenoxy) is 1. The standard InChI is InChI=1S/C9H8BrNO2/c1-11-7-4-6(10)2-3-8(7)13-5-9(11)12/h2-4H,5H2,1H3. The maximum Gasteiger partial charge on any atom is 0.264 e. The fourth-order valence-corrected chi connectivity index (χ4v) is 1.59. The van der Waals surface area contributed by atoms with Gasteiger partial charge in [-0.15, -0.1) is 0 Å². The summed E-state index contributed by atoms with van der Waals surface area (Å²) in [5.74, 6) is 0.732. The molecule has 1 aliphatic rings. The summed E-state index contributed by atoms with van der Waals surface area (Å²) >= 11 is 3.34. The topological polar surface area (TPSA) is 29.5 Å². The Labute approximate surface area is 84.4 Å². The number of hydrogen-bond donors (Lipinski definition) is 0. The third-order valence-corrected chi connectivity index (χ3v) is 2.50. The predicted molar refractivity (Wildman–Crippen MR) is 53.0 cm³/mol. The molecule has 1 aromatic carbocycles. The van der Waals surface area contributed by atoms with Gasteiger partial charge in [0.2, 0.25) is 0 Å². The van der Waals surface area contributed by atoms with Gasteiger partial charge in [-0.3, -0.25) is 4.79 Å². The van der Waals surface area contributed by atoms with Gasteiger partial charge in [0.05, 0.1) is 5.69 Å². The van der Waals surface area contributed by atoms with Crippen molar-refractivity contribution in [2.75, 3.05) is 18.6 Å². The third-order valence-electron chi connectivity index (χ3n) is 2.01. The minimum Gasteiger partial charge on any atom is -0.482 e. The monoisotopic (exact) mass is 241 g/mol. The summed E-state index contributed by atoms with van der Waals surface area (Å²) in [6.07, 6.45) is 0. The first-order valence-corrected chi connectivity index (χ1v) is 4.66. The summed E-state index contributed by atoms with van der Waals surface area (Å²) < 4.78 is 6.19. The van der Waals surface area contributed by atoms with Crippen LogP contribution in [0, 0.1) is 0 Å². The van der Waals surface area contributed by atoms with Crippen LogP contribution in [-0.2, 0) is 4.79 Å². The molecule has 0 aliphatic carbocycles. The average molecular weight is 242 g/mol. The molecule has 0 fully saturated rings. The van der Waals surface area contributed by atoms with E-state index in [-0.39, 0.29) is 12.5 Å². The van der Waals surface area contributed by atoms with E-state index in [2.05, 4.69) is 15.9 Å². The van der Waals surface area contributed by atoms with Gasteiger partial charge in [-0.25, -0.2) is 0 Å². The summed E-state index contributed by atoms with van der Waals surface area (Å²) in [4.78, 5) is 12.9. The zero-order valence-electron chi connectivity index (χ0n) is 7.08. The van der Waals surface area contributed by atoms with Crippen LogP contribution in [0.5, 0.6) is 5.75 Å². The Morgan fingerprint density at radius 2 is 2.31 bits per heavy atom. The number of hydrogen-bond acceptors (Lipinski definition) is 2. The largest absolute Gasteiger partial charge is 0.482 e. The highest BCUT2D eigenvalue weighted by Gasteiger charge is 2.21. The third kappa shape index (κ3) is 1.42. The first-order valence-electron chi connectivity index (χ1n) is 3.87. The molecule has 0 bridgehead atoms. The first kappa shape index (κ1) is 8.56. The van der Waals surface area contributed by atoms with E-state index in [9.17, 15) is 4.79 Å². The Kier molecular flexibility index (Phi) is 2.00. The molecule has 3 nitrogen and oxygen atoms in total. The molecule has 1 heterocycles.